The Labute approximate surface area is 125 Å². The van der Waals surface area contributed by atoms with Gasteiger partial charge in [0.15, 0.2) is 11.9 Å². The molecule has 0 bridgehead atoms. The van der Waals surface area contributed by atoms with Gasteiger partial charge in [-0.2, -0.15) is 0 Å². The summed E-state index contributed by atoms with van der Waals surface area (Å²) in [5.74, 6) is -0.647. The molecule has 0 saturated carbocycles. The fourth-order valence-corrected chi connectivity index (χ4v) is 3.49. The van der Waals surface area contributed by atoms with Crippen molar-refractivity contribution >= 4 is 34.4 Å². The number of carbonyl (C=O) groups is 2. The molecular formula is C14H14O4S2. The van der Waals surface area contributed by atoms with E-state index in [0.29, 0.717) is 4.88 Å². The van der Waals surface area contributed by atoms with Crippen LogP contribution in [0, 0.1) is 0 Å². The summed E-state index contributed by atoms with van der Waals surface area (Å²) in [5, 5.41) is 1.99. The molecule has 0 radical (unpaired) electrons. The third-order valence-electron chi connectivity index (χ3n) is 2.76. The lowest BCUT2D eigenvalue weighted by molar-refractivity contribution is -0.152. The monoisotopic (exact) mass is 310 g/mol. The molecule has 0 aliphatic heterocycles. The fraction of sp³-hybridized carbons (Fsp3) is 0.286. The predicted molar refractivity (Wildman–Crippen MR) is 79.4 cm³/mol. The van der Waals surface area contributed by atoms with Crippen LogP contribution in [-0.4, -0.2) is 32.1 Å². The molecule has 2 heterocycles. The van der Waals surface area contributed by atoms with Gasteiger partial charge in [-0.3, -0.25) is 4.79 Å². The number of hydrogen-bond acceptors (Lipinski definition) is 6. The molecule has 1 unspecified atom stereocenters. The van der Waals surface area contributed by atoms with Crippen LogP contribution in [0.4, 0.5) is 0 Å². The van der Waals surface area contributed by atoms with E-state index in [1.165, 1.54) is 25.6 Å². The van der Waals surface area contributed by atoms with Crippen molar-refractivity contribution in [1.82, 2.24) is 0 Å². The fourth-order valence-electron chi connectivity index (χ4n) is 1.70. The average molecular weight is 310 g/mol. The molecule has 0 fully saturated rings. The largest absolute Gasteiger partial charge is 0.467 e. The van der Waals surface area contributed by atoms with Crippen LogP contribution in [0.15, 0.2) is 29.6 Å². The summed E-state index contributed by atoms with van der Waals surface area (Å²) in [6.45, 7) is 0. The van der Waals surface area contributed by atoms with Crippen LogP contribution in [0.5, 0.6) is 0 Å². The SMILES string of the molecule is COC(=O)C(CC(=O)c1ccc(-c2cccs2)s1)OC. The summed E-state index contributed by atoms with van der Waals surface area (Å²) in [5.41, 5.74) is 0. The van der Waals surface area contributed by atoms with Gasteiger partial charge in [0, 0.05) is 23.3 Å². The Balaban J connectivity index is 2.08. The minimum atomic E-state index is -0.847. The van der Waals surface area contributed by atoms with Crippen LogP contribution in [0.3, 0.4) is 0 Å². The van der Waals surface area contributed by atoms with Gasteiger partial charge < -0.3 is 9.47 Å². The molecule has 20 heavy (non-hydrogen) atoms. The van der Waals surface area contributed by atoms with E-state index in [1.54, 1.807) is 17.4 Å². The Morgan fingerprint density at radius 1 is 1.20 bits per heavy atom. The molecule has 6 heteroatoms. The van der Waals surface area contributed by atoms with Gasteiger partial charge in [0.2, 0.25) is 0 Å². The normalized spacial score (nSPS) is 12.1. The molecule has 0 N–H and O–H groups in total. The second-order valence-corrected chi connectivity index (χ2v) is 6.05. The lowest BCUT2D eigenvalue weighted by atomic mass is 10.1. The average Bonchev–Trinajstić information content (AvgIpc) is 3.13. The number of rotatable bonds is 6. The van der Waals surface area contributed by atoms with Crippen LogP contribution in [-0.2, 0) is 14.3 Å². The molecule has 2 rings (SSSR count). The summed E-state index contributed by atoms with van der Waals surface area (Å²) >= 11 is 3.05. The minimum Gasteiger partial charge on any atom is -0.467 e. The van der Waals surface area contributed by atoms with E-state index in [2.05, 4.69) is 4.74 Å². The molecule has 0 aliphatic carbocycles. The third-order valence-corrected chi connectivity index (χ3v) is 4.96. The quantitative estimate of drug-likeness (QED) is 0.607. The number of Topliss-reactive ketones (excluding diaryl/α,β-unsaturated/α-hetero) is 1. The Morgan fingerprint density at radius 2 is 2.00 bits per heavy atom. The number of hydrogen-bond donors (Lipinski definition) is 0. The van der Waals surface area contributed by atoms with Crippen LogP contribution in [0.25, 0.3) is 9.75 Å². The lowest BCUT2D eigenvalue weighted by Crippen LogP contribution is -2.27. The van der Waals surface area contributed by atoms with Gasteiger partial charge >= 0.3 is 5.97 Å². The second kappa shape index (κ2) is 6.78. The van der Waals surface area contributed by atoms with E-state index < -0.39 is 12.1 Å². The molecule has 0 amide bonds. The van der Waals surface area contributed by atoms with Crippen molar-refractivity contribution < 1.29 is 19.1 Å². The Morgan fingerprint density at radius 3 is 2.60 bits per heavy atom. The van der Waals surface area contributed by atoms with Gasteiger partial charge in [-0.05, 0) is 23.6 Å². The summed E-state index contributed by atoms with van der Waals surface area (Å²) in [6, 6.07) is 7.69. The van der Waals surface area contributed by atoms with Crippen LogP contribution < -0.4 is 0 Å². The van der Waals surface area contributed by atoms with Crippen molar-refractivity contribution in [3.63, 3.8) is 0 Å². The Hall–Kier alpha value is -1.50. The maximum atomic E-state index is 12.1. The number of ether oxygens (including phenoxy) is 2. The zero-order valence-electron chi connectivity index (χ0n) is 11.1. The predicted octanol–water partition coefficient (Wildman–Crippen LogP) is 3.24. The molecule has 0 spiro atoms. The van der Waals surface area contributed by atoms with Gasteiger partial charge in [-0.15, -0.1) is 22.7 Å². The number of thiophene rings is 2. The highest BCUT2D eigenvalue weighted by molar-refractivity contribution is 7.22. The smallest absolute Gasteiger partial charge is 0.335 e. The van der Waals surface area contributed by atoms with Gasteiger partial charge in [0.25, 0.3) is 0 Å². The molecule has 0 saturated heterocycles. The first-order valence-electron chi connectivity index (χ1n) is 5.93. The zero-order chi connectivity index (χ0) is 14.5. The van der Waals surface area contributed by atoms with E-state index in [0.717, 1.165) is 9.75 Å². The van der Waals surface area contributed by atoms with Gasteiger partial charge in [-0.1, -0.05) is 6.07 Å². The first-order valence-corrected chi connectivity index (χ1v) is 7.63. The topological polar surface area (TPSA) is 52.6 Å². The lowest BCUT2D eigenvalue weighted by Gasteiger charge is -2.10. The third kappa shape index (κ3) is 3.33. The van der Waals surface area contributed by atoms with E-state index in [1.807, 2.05) is 23.6 Å². The van der Waals surface area contributed by atoms with Crippen LogP contribution in [0.2, 0.25) is 0 Å². The summed E-state index contributed by atoms with van der Waals surface area (Å²) in [6.07, 6.45) is -0.854. The Bertz CT molecular complexity index is 586. The highest BCUT2D eigenvalue weighted by atomic mass is 32.1. The Kier molecular flexibility index (Phi) is 5.05. The molecule has 0 aliphatic rings. The summed E-state index contributed by atoms with van der Waals surface area (Å²) in [4.78, 5) is 26.4. The number of ketones is 1. The molecule has 1 atom stereocenters. The molecule has 0 aromatic carbocycles. The second-order valence-electron chi connectivity index (χ2n) is 4.02. The van der Waals surface area contributed by atoms with Crippen molar-refractivity contribution in [2.24, 2.45) is 0 Å². The van der Waals surface area contributed by atoms with Crippen molar-refractivity contribution in [3.8, 4) is 9.75 Å². The number of esters is 1. The highest BCUT2D eigenvalue weighted by Gasteiger charge is 2.23. The molecular weight excluding hydrogens is 296 g/mol. The van der Waals surface area contributed by atoms with E-state index in [4.69, 9.17) is 4.74 Å². The van der Waals surface area contributed by atoms with Crippen molar-refractivity contribution in [3.05, 3.63) is 34.5 Å². The first kappa shape index (κ1) is 14.9. The van der Waals surface area contributed by atoms with Crippen molar-refractivity contribution in [1.29, 1.82) is 0 Å². The van der Waals surface area contributed by atoms with E-state index in [-0.39, 0.29) is 12.2 Å². The molecule has 2 aromatic rings. The molecule has 106 valence electrons. The maximum Gasteiger partial charge on any atom is 0.335 e. The minimum absolute atomic E-state index is 0.00638. The standard InChI is InChI=1S/C14H14O4S2/c1-17-10(14(16)18-2)8-9(15)11-5-6-13(20-11)12-4-3-7-19-12/h3-7,10H,8H2,1-2H3. The van der Waals surface area contributed by atoms with E-state index >= 15 is 0 Å². The van der Waals surface area contributed by atoms with Gasteiger partial charge in [0.05, 0.1) is 12.0 Å². The summed E-state index contributed by atoms with van der Waals surface area (Å²) in [7, 11) is 2.67. The number of carbonyl (C=O) groups excluding carboxylic acids is 2. The molecule has 2 aromatic heterocycles. The van der Waals surface area contributed by atoms with Gasteiger partial charge in [-0.25, -0.2) is 4.79 Å². The number of methoxy groups -OCH3 is 2. The highest BCUT2D eigenvalue weighted by Crippen LogP contribution is 2.32. The van der Waals surface area contributed by atoms with E-state index in [9.17, 15) is 9.59 Å². The first-order chi connectivity index (χ1) is 9.65. The van der Waals surface area contributed by atoms with Gasteiger partial charge in [0.1, 0.15) is 0 Å². The van der Waals surface area contributed by atoms with Crippen LogP contribution in [0.1, 0.15) is 16.1 Å². The van der Waals surface area contributed by atoms with Crippen LogP contribution >= 0.6 is 22.7 Å². The van der Waals surface area contributed by atoms with Crippen molar-refractivity contribution in [2.45, 2.75) is 12.5 Å². The zero-order valence-corrected chi connectivity index (χ0v) is 12.8. The summed E-state index contributed by atoms with van der Waals surface area (Å²) < 4.78 is 9.58. The van der Waals surface area contributed by atoms with Crippen molar-refractivity contribution in [2.75, 3.05) is 14.2 Å². The molecule has 4 nitrogen and oxygen atoms in total. The maximum absolute atomic E-state index is 12.1.